The van der Waals surface area contributed by atoms with Crippen LogP contribution in [-0.4, -0.2) is 41.9 Å². The van der Waals surface area contributed by atoms with Crippen LogP contribution < -0.4 is 5.32 Å². The quantitative estimate of drug-likeness (QED) is 0.767. The Kier molecular flexibility index (Phi) is 7.04. The summed E-state index contributed by atoms with van der Waals surface area (Å²) < 4.78 is 0.828. The number of nitrogens with zero attached hydrogens (tertiary/aromatic N) is 1. The molecule has 0 aliphatic carbocycles. The Bertz CT molecular complexity index is 543. The molecule has 2 amide bonds. The first-order chi connectivity index (χ1) is 10.3. The van der Waals surface area contributed by atoms with Crippen molar-refractivity contribution in [1.82, 2.24) is 10.2 Å². The van der Waals surface area contributed by atoms with E-state index in [0.29, 0.717) is 12.0 Å². The van der Waals surface area contributed by atoms with E-state index in [4.69, 9.17) is 0 Å². The Labute approximate surface area is 137 Å². The van der Waals surface area contributed by atoms with E-state index in [9.17, 15) is 19.5 Å². The summed E-state index contributed by atoms with van der Waals surface area (Å²) in [5.41, 5.74) is 0.494. The summed E-state index contributed by atoms with van der Waals surface area (Å²) in [5.74, 6) is -1.57. The maximum Gasteiger partial charge on any atom is 0.330 e. The number of hydrogen-bond donors (Lipinski definition) is 2. The number of carboxylic acids is 1. The molecule has 0 spiro atoms. The molecule has 2 N–H and O–H groups in total. The van der Waals surface area contributed by atoms with E-state index in [1.807, 2.05) is 0 Å². The van der Waals surface area contributed by atoms with Gasteiger partial charge in [-0.05, 0) is 24.1 Å². The number of carboxylic acid groups (broad SMARTS) is 1. The summed E-state index contributed by atoms with van der Waals surface area (Å²) in [5, 5.41) is 11.7. The van der Waals surface area contributed by atoms with Crippen molar-refractivity contribution in [3.63, 3.8) is 0 Å². The monoisotopic (exact) mass is 370 g/mol. The van der Waals surface area contributed by atoms with Crippen LogP contribution in [0.15, 0.2) is 28.7 Å². The molecule has 0 fully saturated rings. The zero-order valence-electron chi connectivity index (χ0n) is 12.5. The second-order valence-electron chi connectivity index (χ2n) is 5.03. The summed E-state index contributed by atoms with van der Waals surface area (Å²) in [4.78, 5) is 36.0. The zero-order chi connectivity index (χ0) is 16.7. The van der Waals surface area contributed by atoms with E-state index in [2.05, 4.69) is 21.2 Å². The molecule has 1 aromatic carbocycles. The molecule has 0 aliphatic heterocycles. The predicted octanol–water partition coefficient (Wildman–Crippen LogP) is 1.95. The van der Waals surface area contributed by atoms with Crippen molar-refractivity contribution in [2.24, 2.45) is 0 Å². The molecule has 0 radical (unpaired) electrons. The molecule has 1 unspecified atom stereocenters. The Morgan fingerprint density at radius 2 is 1.77 bits per heavy atom. The lowest BCUT2D eigenvalue weighted by Gasteiger charge is -2.15. The van der Waals surface area contributed by atoms with Crippen LogP contribution in [0.5, 0.6) is 0 Å². The number of halogens is 1. The van der Waals surface area contributed by atoms with Crippen molar-refractivity contribution in [3.8, 4) is 0 Å². The van der Waals surface area contributed by atoms with Crippen LogP contribution in [0.4, 0.5) is 0 Å². The predicted molar refractivity (Wildman–Crippen MR) is 85.2 cm³/mol. The minimum absolute atomic E-state index is 0.0597. The summed E-state index contributed by atoms with van der Waals surface area (Å²) in [6.45, 7) is 0. The SMILES string of the molecule is CN(C)C(=O)CCCC(=O)NC(C(=O)O)c1ccc(Br)cc1. The van der Waals surface area contributed by atoms with Crippen LogP contribution >= 0.6 is 15.9 Å². The second kappa shape index (κ2) is 8.53. The van der Waals surface area contributed by atoms with Crippen molar-refractivity contribution in [2.45, 2.75) is 25.3 Å². The number of rotatable bonds is 7. The van der Waals surface area contributed by atoms with Crippen LogP contribution in [0.3, 0.4) is 0 Å². The molecule has 0 saturated heterocycles. The Morgan fingerprint density at radius 1 is 1.18 bits per heavy atom. The third kappa shape index (κ3) is 5.85. The van der Waals surface area contributed by atoms with Crippen molar-refractivity contribution >= 4 is 33.7 Å². The lowest BCUT2D eigenvalue weighted by molar-refractivity contribution is -0.142. The van der Waals surface area contributed by atoms with E-state index in [-0.39, 0.29) is 24.7 Å². The maximum absolute atomic E-state index is 11.8. The Morgan fingerprint density at radius 3 is 2.27 bits per heavy atom. The number of aliphatic carboxylic acids is 1. The van der Waals surface area contributed by atoms with Crippen molar-refractivity contribution in [1.29, 1.82) is 0 Å². The number of carbonyl (C=O) groups excluding carboxylic acids is 2. The van der Waals surface area contributed by atoms with Crippen LogP contribution in [0.1, 0.15) is 30.9 Å². The first-order valence-electron chi connectivity index (χ1n) is 6.79. The van der Waals surface area contributed by atoms with Gasteiger partial charge in [0, 0.05) is 31.4 Å². The summed E-state index contributed by atoms with van der Waals surface area (Å²) >= 11 is 3.27. The highest BCUT2D eigenvalue weighted by Crippen LogP contribution is 2.17. The molecular formula is C15H19BrN2O4. The van der Waals surface area contributed by atoms with Gasteiger partial charge in [0.25, 0.3) is 0 Å². The highest BCUT2D eigenvalue weighted by atomic mass is 79.9. The first-order valence-corrected chi connectivity index (χ1v) is 7.58. The molecule has 1 atom stereocenters. The minimum Gasteiger partial charge on any atom is -0.479 e. The molecule has 0 aliphatic rings. The van der Waals surface area contributed by atoms with Gasteiger partial charge in [0.15, 0.2) is 6.04 Å². The maximum atomic E-state index is 11.8. The van der Waals surface area contributed by atoms with Gasteiger partial charge in [-0.1, -0.05) is 28.1 Å². The van der Waals surface area contributed by atoms with Gasteiger partial charge in [-0.15, -0.1) is 0 Å². The van der Waals surface area contributed by atoms with E-state index >= 15 is 0 Å². The smallest absolute Gasteiger partial charge is 0.330 e. The molecule has 1 rings (SSSR count). The minimum atomic E-state index is -1.12. The van der Waals surface area contributed by atoms with Crippen molar-refractivity contribution in [3.05, 3.63) is 34.3 Å². The Hall–Kier alpha value is -1.89. The molecule has 0 heterocycles. The number of hydrogen-bond acceptors (Lipinski definition) is 3. The molecule has 0 saturated carbocycles. The van der Waals surface area contributed by atoms with E-state index < -0.39 is 12.0 Å². The normalized spacial score (nSPS) is 11.6. The van der Waals surface area contributed by atoms with Gasteiger partial charge in [-0.25, -0.2) is 4.79 Å². The van der Waals surface area contributed by atoms with E-state index in [1.54, 1.807) is 38.4 Å². The van der Waals surface area contributed by atoms with Crippen LogP contribution in [0.2, 0.25) is 0 Å². The van der Waals surface area contributed by atoms with Crippen molar-refractivity contribution < 1.29 is 19.5 Å². The highest BCUT2D eigenvalue weighted by Gasteiger charge is 2.21. The third-order valence-electron chi connectivity index (χ3n) is 3.05. The third-order valence-corrected chi connectivity index (χ3v) is 3.58. The molecule has 22 heavy (non-hydrogen) atoms. The van der Waals surface area contributed by atoms with Gasteiger partial charge in [0.1, 0.15) is 0 Å². The molecule has 6 nitrogen and oxygen atoms in total. The van der Waals surface area contributed by atoms with Gasteiger partial charge >= 0.3 is 5.97 Å². The number of benzene rings is 1. The van der Waals surface area contributed by atoms with Crippen LogP contribution in [-0.2, 0) is 14.4 Å². The molecule has 1 aromatic rings. The van der Waals surface area contributed by atoms with Gasteiger partial charge in [0.2, 0.25) is 11.8 Å². The largest absolute Gasteiger partial charge is 0.479 e. The fraction of sp³-hybridized carbons (Fsp3) is 0.400. The summed E-state index contributed by atoms with van der Waals surface area (Å²) in [7, 11) is 3.30. The number of amides is 2. The number of carbonyl (C=O) groups is 3. The van der Waals surface area contributed by atoms with Crippen LogP contribution in [0, 0.1) is 0 Å². The topological polar surface area (TPSA) is 86.7 Å². The standard InChI is InChI=1S/C15H19BrN2O4/c1-18(2)13(20)5-3-4-12(19)17-14(15(21)22)10-6-8-11(16)9-7-10/h6-9,14H,3-5H2,1-2H3,(H,17,19)(H,21,22). The zero-order valence-corrected chi connectivity index (χ0v) is 14.1. The Balaban J connectivity index is 2.57. The summed E-state index contributed by atoms with van der Waals surface area (Å²) in [6.07, 6.45) is 0.756. The highest BCUT2D eigenvalue weighted by molar-refractivity contribution is 9.10. The second-order valence-corrected chi connectivity index (χ2v) is 5.95. The van der Waals surface area contributed by atoms with Gasteiger partial charge in [-0.2, -0.15) is 0 Å². The van der Waals surface area contributed by atoms with Crippen molar-refractivity contribution in [2.75, 3.05) is 14.1 Å². The molecule has 120 valence electrons. The first kappa shape index (κ1) is 18.2. The fourth-order valence-electron chi connectivity index (χ4n) is 1.80. The lowest BCUT2D eigenvalue weighted by Crippen LogP contribution is -2.33. The lowest BCUT2D eigenvalue weighted by atomic mass is 10.1. The fourth-order valence-corrected chi connectivity index (χ4v) is 2.06. The molecule has 0 aromatic heterocycles. The average molecular weight is 371 g/mol. The molecular weight excluding hydrogens is 352 g/mol. The van der Waals surface area contributed by atoms with Gasteiger partial charge < -0.3 is 15.3 Å². The average Bonchev–Trinajstić information content (AvgIpc) is 2.45. The van der Waals surface area contributed by atoms with Crippen LogP contribution in [0.25, 0.3) is 0 Å². The number of nitrogens with one attached hydrogen (secondary N) is 1. The van der Waals surface area contributed by atoms with Gasteiger partial charge in [-0.3, -0.25) is 9.59 Å². The van der Waals surface area contributed by atoms with E-state index in [0.717, 1.165) is 4.47 Å². The molecule has 7 heteroatoms. The molecule has 0 bridgehead atoms. The summed E-state index contributed by atoms with van der Waals surface area (Å²) in [6, 6.07) is 5.61. The van der Waals surface area contributed by atoms with E-state index in [1.165, 1.54) is 4.90 Å². The van der Waals surface area contributed by atoms with Gasteiger partial charge in [0.05, 0.1) is 0 Å².